The third kappa shape index (κ3) is 7.25. The highest BCUT2D eigenvalue weighted by Gasteiger charge is 2.25. The third-order valence-corrected chi connectivity index (χ3v) is 3.97. The molecule has 0 aromatic rings. The Morgan fingerprint density at radius 1 is 1.43 bits per heavy atom. The summed E-state index contributed by atoms with van der Waals surface area (Å²) in [6.45, 7) is 10.8. The molecule has 21 heavy (non-hydrogen) atoms. The molecule has 5 nitrogen and oxygen atoms in total. The fraction of sp³-hybridized carbons (Fsp3) is 0.938. The smallest absolute Gasteiger partial charge is 0.237 e. The first-order valence-corrected chi connectivity index (χ1v) is 8.28. The summed E-state index contributed by atoms with van der Waals surface area (Å²) in [6, 6.07) is 0.463. The number of ether oxygens (including phenoxy) is 1. The van der Waals surface area contributed by atoms with Crippen LogP contribution in [0.4, 0.5) is 0 Å². The number of carbonyl (C=O) groups excluding carboxylic acids is 1. The van der Waals surface area contributed by atoms with E-state index in [9.17, 15) is 4.79 Å². The van der Waals surface area contributed by atoms with Crippen molar-refractivity contribution < 1.29 is 9.53 Å². The maximum atomic E-state index is 12.3. The first-order valence-electron chi connectivity index (χ1n) is 8.28. The van der Waals surface area contributed by atoms with Gasteiger partial charge in [0.2, 0.25) is 5.91 Å². The second-order valence-corrected chi connectivity index (χ2v) is 6.45. The van der Waals surface area contributed by atoms with Gasteiger partial charge >= 0.3 is 0 Å². The number of rotatable bonds is 10. The van der Waals surface area contributed by atoms with Gasteiger partial charge in [-0.15, -0.1) is 0 Å². The monoisotopic (exact) mass is 299 g/mol. The van der Waals surface area contributed by atoms with Crippen LogP contribution in [0.15, 0.2) is 0 Å². The second-order valence-electron chi connectivity index (χ2n) is 6.45. The van der Waals surface area contributed by atoms with E-state index in [1.54, 1.807) is 7.11 Å². The van der Waals surface area contributed by atoms with Gasteiger partial charge in [0.15, 0.2) is 0 Å². The second kappa shape index (κ2) is 10.1. The molecule has 1 amide bonds. The SMILES string of the molecule is COCCCNC(=O)C(C)N(CC(C)C)CC1CCCN1. The van der Waals surface area contributed by atoms with Gasteiger partial charge in [-0.05, 0) is 38.6 Å². The van der Waals surface area contributed by atoms with Crippen molar-refractivity contribution in [2.75, 3.05) is 39.9 Å². The molecule has 1 rings (SSSR count). The van der Waals surface area contributed by atoms with Gasteiger partial charge < -0.3 is 15.4 Å². The first-order chi connectivity index (χ1) is 10.0. The Labute approximate surface area is 129 Å². The van der Waals surface area contributed by atoms with E-state index >= 15 is 0 Å². The molecule has 0 aliphatic carbocycles. The minimum atomic E-state index is -0.0719. The molecule has 0 saturated carbocycles. The maximum absolute atomic E-state index is 12.3. The molecule has 2 N–H and O–H groups in total. The van der Waals surface area contributed by atoms with Gasteiger partial charge in [-0.1, -0.05) is 13.8 Å². The van der Waals surface area contributed by atoms with E-state index < -0.39 is 0 Å². The molecule has 1 aliphatic heterocycles. The van der Waals surface area contributed by atoms with Crippen LogP contribution in [0, 0.1) is 5.92 Å². The van der Waals surface area contributed by atoms with Crippen LogP contribution < -0.4 is 10.6 Å². The average molecular weight is 299 g/mol. The van der Waals surface area contributed by atoms with Crippen molar-refractivity contribution in [3.8, 4) is 0 Å². The molecule has 0 spiro atoms. The highest BCUT2D eigenvalue weighted by Crippen LogP contribution is 2.11. The molecule has 2 atom stereocenters. The molecule has 1 fully saturated rings. The lowest BCUT2D eigenvalue weighted by Gasteiger charge is -2.32. The maximum Gasteiger partial charge on any atom is 0.237 e. The van der Waals surface area contributed by atoms with E-state index in [1.165, 1.54) is 12.8 Å². The lowest BCUT2D eigenvalue weighted by Crippen LogP contribution is -2.50. The molecule has 124 valence electrons. The minimum absolute atomic E-state index is 0.0719. The zero-order valence-corrected chi connectivity index (χ0v) is 14.2. The van der Waals surface area contributed by atoms with Gasteiger partial charge in [-0.25, -0.2) is 0 Å². The summed E-state index contributed by atoms with van der Waals surface area (Å²) >= 11 is 0. The van der Waals surface area contributed by atoms with Gasteiger partial charge in [0.1, 0.15) is 0 Å². The Balaban J connectivity index is 2.44. The standard InChI is InChI=1S/C16H33N3O2/c1-13(2)11-19(12-15-7-5-8-17-15)14(3)16(20)18-9-6-10-21-4/h13-15,17H,5-12H2,1-4H3,(H,18,20). The molecular formula is C16H33N3O2. The summed E-state index contributed by atoms with van der Waals surface area (Å²) < 4.78 is 5.00. The van der Waals surface area contributed by atoms with Gasteiger partial charge in [0.05, 0.1) is 6.04 Å². The van der Waals surface area contributed by atoms with E-state index in [0.29, 0.717) is 25.1 Å². The lowest BCUT2D eigenvalue weighted by atomic mass is 10.1. The lowest BCUT2D eigenvalue weighted by molar-refractivity contribution is -0.126. The van der Waals surface area contributed by atoms with Gasteiger partial charge in [-0.2, -0.15) is 0 Å². The predicted octanol–water partition coefficient (Wildman–Crippen LogP) is 1.24. The number of hydrogen-bond donors (Lipinski definition) is 2. The predicted molar refractivity (Wildman–Crippen MR) is 86.4 cm³/mol. The van der Waals surface area contributed by atoms with Crippen molar-refractivity contribution in [1.82, 2.24) is 15.5 Å². The fourth-order valence-corrected chi connectivity index (χ4v) is 2.80. The number of hydrogen-bond acceptors (Lipinski definition) is 4. The van der Waals surface area contributed by atoms with Crippen LogP contribution in [0.3, 0.4) is 0 Å². The van der Waals surface area contributed by atoms with Crippen LogP contribution in [-0.2, 0) is 9.53 Å². The minimum Gasteiger partial charge on any atom is -0.385 e. The van der Waals surface area contributed by atoms with Gasteiger partial charge in [-0.3, -0.25) is 9.69 Å². The number of carbonyl (C=O) groups is 1. The summed E-state index contributed by atoms with van der Waals surface area (Å²) in [6.07, 6.45) is 3.33. The summed E-state index contributed by atoms with van der Waals surface area (Å²) in [4.78, 5) is 14.6. The first kappa shape index (κ1) is 18.4. The van der Waals surface area contributed by atoms with Crippen LogP contribution in [0.5, 0.6) is 0 Å². The molecule has 0 radical (unpaired) electrons. The number of nitrogens with zero attached hydrogens (tertiary/aromatic N) is 1. The van der Waals surface area contributed by atoms with Crippen molar-refractivity contribution >= 4 is 5.91 Å². The molecule has 0 bridgehead atoms. The summed E-state index contributed by atoms with van der Waals surface area (Å²) in [5.41, 5.74) is 0. The summed E-state index contributed by atoms with van der Waals surface area (Å²) in [5.74, 6) is 0.694. The Morgan fingerprint density at radius 3 is 2.76 bits per heavy atom. The van der Waals surface area contributed by atoms with Crippen LogP contribution in [0.2, 0.25) is 0 Å². The molecule has 1 saturated heterocycles. The Bertz CT molecular complexity index is 291. The van der Waals surface area contributed by atoms with E-state index in [1.807, 2.05) is 6.92 Å². The number of methoxy groups -OCH3 is 1. The van der Waals surface area contributed by atoms with Crippen molar-refractivity contribution in [2.45, 2.75) is 52.1 Å². The van der Waals surface area contributed by atoms with E-state index in [2.05, 4.69) is 29.4 Å². The fourth-order valence-electron chi connectivity index (χ4n) is 2.80. The van der Waals surface area contributed by atoms with Gasteiger partial charge in [0.25, 0.3) is 0 Å². The largest absolute Gasteiger partial charge is 0.385 e. The zero-order chi connectivity index (χ0) is 15.7. The molecule has 1 heterocycles. The van der Waals surface area contributed by atoms with E-state index in [0.717, 1.165) is 26.1 Å². The van der Waals surface area contributed by atoms with Crippen molar-refractivity contribution in [2.24, 2.45) is 5.92 Å². The Kier molecular flexibility index (Phi) is 8.88. The molecule has 5 heteroatoms. The van der Waals surface area contributed by atoms with Crippen LogP contribution in [-0.4, -0.2) is 62.8 Å². The zero-order valence-electron chi connectivity index (χ0n) is 14.2. The normalized spacial score (nSPS) is 20.2. The van der Waals surface area contributed by atoms with Crippen molar-refractivity contribution in [3.63, 3.8) is 0 Å². The van der Waals surface area contributed by atoms with Gasteiger partial charge in [0, 0.05) is 39.4 Å². The Hall–Kier alpha value is -0.650. The molecule has 0 aromatic carbocycles. The van der Waals surface area contributed by atoms with Crippen LogP contribution in [0.25, 0.3) is 0 Å². The topological polar surface area (TPSA) is 53.6 Å². The van der Waals surface area contributed by atoms with E-state index in [-0.39, 0.29) is 11.9 Å². The summed E-state index contributed by atoms with van der Waals surface area (Å²) in [7, 11) is 1.68. The van der Waals surface area contributed by atoms with Crippen molar-refractivity contribution in [1.29, 1.82) is 0 Å². The molecule has 0 aromatic heterocycles. The number of amides is 1. The average Bonchev–Trinajstić information content (AvgIpc) is 2.94. The van der Waals surface area contributed by atoms with E-state index in [4.69, 9.17) is 4.74 Å². The molecular weight excluding hydrogens is 266 g/mol. The quantitative estimate of drug-likeness (QED) is 0.596. The van der Waals surface area contributed by atoms with Crippen molar-refractivity contribution in [3.05, 3.63) is 0 Å². The highest BCUT2D eigenvalue weighted by atomic mass is 16.5. The molecule has 1 aliphatic rings. The summed E-state index contributed by atoms with van der Waals surface area (Å²) in [5, 5.41) is 6.54. The highest BCUT2D eigenvalue weighted by molar-refractivity contribution is 5.81. The van der Waals surface area contributed by atoms with Crippen LogP contribution >= 0.6 is 0 Å². The third-order valence-electron chi connectivity index (χ3n) is 3.97. The van der Waals surface area contributed by atoms with Crippen LogP contribution in [0.1, 0.15) is 40.0 Å². The Morgan fingerprint density at radius 2 is 2.19 bits per heavy atom. The molecule has 2 unspecified atom stereocenters. The number of nitrogens with one attached hydrogen (secondary N) is 2.